The fourth-order valence-corrected chi connectivity index (χ4v) is 3.07. The standard InChI is InChI=1S/C20H21FN2O2/c21-16-8-10-17(11-9-16)23-14-12-18(20(23)25)19(24)22-13-4-7-15-5-2-1-3-6-15/h1-3,5-6,8-11,18H,4,7,12-14H2,(H,22,24)/t18-/m1/s1. The molecule has 1 atom stereocenters. The molecule has 0 unspecified atom stereocenters. The summed E-state index contributed by atoms with van der Waals surface area (Å²) in [6, 6.07) is 15.8. The zero-order valence-electron chi connectivity index (χ0n) is 14.0. The van der Waals surface area contributed by atoms with Crippen LogP contribution in [0.5, 0.6) is 0 Å². The van der Waals surface area contributed by atoms with Gasteiger partial charge >= 0.3 is 0 Å². The lowest BCUT2D eigenvalue weighted by atomic mass is 10.1. The molecule has 1 N–H and O–H groups in total. The molecule has 1 aliphatic heterocycles. The van der Waals surface area contributed by atoms with E-state index in [2.05, 4.69) is 17.4 Å². The molecule has 0 saturated carbocycles. The van der Waals surface area contributed by atoms with Crippen LogP contribution in [0.15, 0.2) is 54.6 Å². The van der Waals surface area contributed by atoms with Crippen molar-refractivity contribution in [3.05, 3.63) is 66.0 Å². The molecule has 0 aromatic heterocycles. The molecule has 0 aliphatic carbocycles. The number of nitrogens with one attached hydrogen (secondary N) is 1. The van der Waals surface area contributed by atoms with Crippen molar-refractivity contribution < 1.29 is 14.0 Å². The fourth-order valence-electron chi connectivity index (χ4n) is 3.07. The Morgan fingerprint density at radius 3 is 2.56 bits per heavy atom. The average molecular weight is 340 g/mol. The lowest BCUT2D eigenvalue weighted by Gasteiger charge is -2.16. The predicted octanol–water partition coefficient (Wildman–Crippen LogP) is 2.93. The van der Waals surface area contributed by atoms with Crippen LogP contribution >= 0.6 is 0 Å². The summed E-state index contributed by atoms with van der Waals surface area (Å²) in [6.07, 6.45) is 2.21. The Balaban J connectivity index is 1.48. The second-order valence-corrected chi connectivity index (χ2v) is 6.19. The van der Waals surface area contributed by atoms with Gasteiger partial charge in [0.25, 0.3) is 0 Å². The Bertz CT molecular complexity index is 731. The van der Waals surface area contributed by atoms with Crippen LogP contribution in [0, 0.1) is 11.7 Å². The highest BCUT2D eigenvalue weighted by atomic mass is 19.1. The quantitative estimate of drug-likeness (QED) is 0.649. The predicted molar refractivity (Wildman–Crippen MR) is 94.6 cm³/mol. The number of hydrogen-bond acceptors (Lipinski definition) is 2. The molecule has 1 fully saturated rings. The minimum atomic E-state index is -0.651. The first-order valence-electron chi connectivity index (χ1n) is 8.54. The first-order chi connectivity index (χ1) is 12.1. The van der Waals surface area contributed by atoms with E-state index in [4.69, 9.17) is 0 Å². The molecule has 25 heavy (non-hydrogen) atoms. The molecule has 1 aliphatic rings. The third kappa shape index (κ3) is 4.24. The van der Waals surface area contributed by atoms with Gasteiger partial charge in [-0.25, -0.2) is 4.39 Å². The van der Waals surface area contributed by atoms with Crippen LogP contribution in [-0.4, -0.2) is 24.9 Å². The first-order valence-corrected chi connectivity index (χ1v) is 8.54. The van der Waals surface area contributed by atoms with Gasteiger partial charge < -0.3 is 10.2 Å². The van der Waals surface area contributed by atoms with Crippen molar-refractivity contribution in [2.45, 2.75) is 19.3 Å². The van der Waals surface area contributed by atoms with Crippen molar-refractivity contribution in [3.63, 3.8) is 0 Å². The highest BCUT2D eigenvalue weighted by molar-refractivity contribution is 6.09. The molecular weight excluding hydrogens is 319 g/mol. The highest BCUT2D eigenvalue weighted by Crippen LogP contribution is 2.25. The molecule has 2 aromatic carbocycles. The molecule has 5 heteroatoms. The van der Waals surface area contributed by atoms with Gasteiger partial charge in [-0.1, -0.05) is 30.3 Å². The van der Waals surface area contributed by atoms with E-state index >= 15 is 0 Å². The van der Waals surface area contributed by atoms with Crippen LogP contribution < -0.4 is 10.2 Å². The normalized spacial score (nSPS) is 16.9. The third-order valence-electron chi connectivity index (χ3n) is 4.44. The maximum atomic E-state index is 13.0. The monoisotopic (exact) mass is 340 g/mol. The Hall–Kier alpha value is -2.69. The third-order valence-corrected chi connectivity index (χ3v) is 4.44. The average Bonchev–Trinajstić information content (AvgIpc) is 3.02. The molecular formula is C20H21FN2O2. The summed E-state index contributed by atoms with van der Waals surface area (Å²) >= 11 is 0. The number of nitrogens with zero attached hydrogens (tertiary/aromatic N) is 1. The van der Waals surface area contributed by atoms with Gasteiger partial charge in [0.2, 0.25) is 11.8 Å². The number of carbonyl (C=O) groups is 2. The second kappa shape index (κ2) is 7.92. The van der Waals surface area contributed by atoms with Crippen molar-refractivity contribution in [1.82, 2.24) is 5.32 Å². The summed E-state index contributed by atoms with van der Waals surface area (Å²) in [7, 11) is 0. The maximum absolute atomic E-state index is 13.0. The lowest BCUT2D eigenvalue weighted by Crippen LogP contribution is -2.37. The molecule has 1 saturated heterocycles. The summed E-state index contributed by atoms with van der Waals surface area (Å²) in [5.74, 6) is -1.43. The number of aryl methyl sites for hydroxylation is 1. The second-order valence-electron chi connectivity index (χ2n) is 6.19. The van der Waals surface area contributed by atoms with Crippen LogP contribution in [0.3, 0.4) is 0 Å². The van der Waals surface area contributed by atoms with Gasteiger partial charge in [-0.3, -0.25) is 9.59 Å². The summed E-state index contributed by atoms with van der Waals surface area (Å²) < 4.78 is 13.0. The van der Waals surface area contributed by atoms with Crippen LogP contribution in [-0.2, 0) is 16.0 Å². The van der Waals surface area contributed by atoms with Crippen LogP contribution in [0.1, 0.15) is 18.4 Å². The Morgan fingerprint density at radius 2 is 1.84 bits per heavy atom. The summed E-state index contributed by atoms with van der Waals surface area (Å²) in [5.41, 5.74) is 1.86. The maximum Gasteiger partial charge on any atom is 0.239 e. The van der Waals surface area contributed by atoms with E-state index in [0.717, 1.165) is 12.8 Å². The van der Waals surface area contributed by atoms with E-state index in [1.165, 1.54) is 17.7 Å². The van der Waals surface area contributed by atoms with Gasteiger partial charge in [0.1, 0.15) is 11.7 Å². The van der Waals surface area contributed by atoms with Gasteiger partial charge in [-0.05, 0) is 49.1 Å². The summed E-state index contributed by atoms with van der Waals surface area (Å²) in [5, 5.41) is 2.86. The van der Waals surface area contributed by atoms with Crippen LogP contribution in [0.2, 0.25) is 0 Å². The number of anilines is 1. The Labute approximate surface area is 146 Å². The zero-order chi connectivity index (χ0) is 17.6. The highest BCUT2D eigenvalue weighted by Gasteiger charge is 2.37. The van der Waals surface area contributed by atoms with Crippen molar-refractivity contribution >= 4 is 17.5 Å². The Morgan fingerprint density at radius 1 is 1.12 bits per heavy atom. The SMILES string of the molecule is O=C(NCCCc1ccccc1)[C@H]1CCN(c2ccc(F)cc2)C1=O. The molecule has 2 amide bonds. The molecule has 3 rings (SSSR count). The van der Waals surface area contributed by atoms with Crippen molar-refractivity contribution in [3.8, 4) is 0 Å². The number of benzene rings is 2. The minimum absolute atomic E-state index is 0.216. The number of carbonyl (C=O) groups excluding carboxylic acids is 2. The molecule has 2 aromatic rings. The molecule has 4 nitrogen and oxygen atoms in total. The minimum Gasteiger partial charge on any atom is -0.355 e. The largest absolute Gasteiger partial charge is 0.355 e. The van der Waals surface area contributed by atoms with Crippen molar-refractivity contribution in [2.75, 3.05) is 18.0 Å². The van der Waals surface area contributed by atoms with E-state index in [1.807, 2.05) is 18.2 Å². The number of amides is 2. The van der Waals surface area contributed by atoms with E-state index in [9.17, 15) is 14.0 Å². The van der Waals surface area contributed by atoms with E-state index in [0.29, 0.717) is 25.2 Å². The summed E-state index contributed by atoms with van der Waals surface area (Å²) in [4.78, 5) is 26.3. The topological polar surface area (TPSA) is 49.4 Å². The van der Waals surface area contributed by atoms with Gasteiger partial charge in [0.15, 0.2) is 0 Å². The van der Waals surface area contributed by atoms with Crippen LogP contribution in [0.4, 0.5) is 10.1 Å². The van der Waals surface area contributed by atoms with E-state index in [-0.39, 0.29) is 17.6 Å². The number of hydrogen-bond donors (Lipinski definition) is 1. The fraction of sp³-hybridized carbons (Fsp3) is 0.300. The molecule has 130 valence electrons. The molecule has 0 radical (unpaired) electrons. The van der Waals surface area contributed by atoms with Crippen molar-refractivity contribution in [1.29, 1.82) is 0 Å². The van der Waals surface area contributed by atoms with Crippen LogP contribution in [0.25, 0.3) is 0 Å². The summed E-state index contributed by atoms with van der Waals surface area (Å²) in [6.45, 7) is 1.03. The molecule has 1 heterocycles. The first kappa shape index (κ1) is 17.1. The van der Waals surface area contributed by atoms with Gasteiger partial charge in [-0.2, -0.15) is 0 Å². The van der Waals surface area contributed by atoms with Crippen molar-refractivity contribution in [2.24, 2.45) is 5.92 Å². The molecule has 0 spiro atoms. The van der Waals surface area contributed by atoms with E-state index in [1.54, 1.807) is 17.0 Å². The van der Waals surface area contributed by atoms with E-state index < -0.39 is 5.92 Å². The zero-order valence-corrected chi connectivity index (χ0v) is 14.0. The van der Waals surface area contributed by atoms with Gasteiger partial charge in [-0.15, -0.1) is 0 Å². The number of rotatable bonds is 6. The number of halogens is 1. The lowest BCUT2D eigenvalue weighted by molar-refractivity contribution is -0.132. The van der Waals surface area contributed by atoms with Gasteiger partial charge in [0, 0.05) is 18.8 Å². The molecule has 0 bridgehead atoms. The Kier molecular flexibility index (Phi) is 5.43. The smallest absolute Gasteiger partial charge is 0.239 e. The van der Waals surface area contributed by atoms with Gasteiger partial charge in [0.05, 0.1) is 0 Å².